The Balaban J connectivity index is 1.51. The molecule has 4 aromatic rings. The fourth-order valence-electron chi connectivity index (χ4n) is 3.44. The van der Waals surface area contributed by atoms with E-state index in [-0.39, 0.29) is 6.10 Å². The van der Waals surface area contributed by atoms with E-state index in [2.05, 4.69) is 10.2 Å². The van der Waals surface area contributed by atoms with E-state index in [1.165, 1.54) is 0 Å². The van der Waals surface area contributed by atoms with Gasteiger partial charge < -0.3 is 9.15 Å². The summed E-state index contributed by atoms with van der Waals surface area (Å²) in [5, 5.41) is 10.8. The van der Waals surface area contributed by atoms with Crippen molar-refractivity contribution in [2.24, 2.45) is 0 Å². The summed E-state index contributed by atoms with van der Waals surface area (Å²) in [7, 11) is 0. The van der Waals surface area contributed by atoms with Gasteiger partial charge in [-0.3, -0.25) is 0 Å². The minimum atomic E-state index is 0.272. The van der Waals surface area contributed by atoms with Gasteiger partial charge in [0.25, 0.3) is 5.22 Å². The first kappa shape index (κ1) is 18.6. The molecule has 0 radical (unpaired) electrons. The summed E-state index contributed by atoms with van der Waals surface area (Å²) < 4.78 is 11.7. The molecule has 0 spiro atoms. The molecule has 29 heavy (non-hydrogen) atoms. The van der Waals surface area contributed by atoms with Crippen molar-refractivity contribution in [3.63, 3.8) is 0 Å². The highest BCUT2D eigenvalue weighted by molar-refractivity contribution is 7.99. The maximum Gasteiger partial charge on any atom is 0.276 e. The molecule has 0 N–H and O–H groups in total. The summed E-state index contributed by atoms with van der Waals surface area (Å²) in [5.41, 5.74) is 3.56. The molecule has 1 saturated heterocycles. The highest BCUT2D eigenvalue weighted by Gasteiger charge is 2.19. The number of hydrogen-bond donors (Lipinski definition) is 0. The van der Waals surface area contributed by atoms with Gasteiger partial charge in [0.05, 0.1) is 22.9 Å². The van der Waals surface area contributed by atoms with Crippen LogP contribution in [0.15, 0.2) is 64.2 Å². The zero-order valence-electron chi connectivity index (χ0n) is 15.5. The number of halogens is 1. The van der Waals surface area contributed by atoms with E-state index in [0.717, 1.165) is 52.9 Å². The van der Waals surface area contributed by atoms with E-state index >= 15 is 0 Å². The van der Waals surface area contributed by atoms with Crippen molar-refractivity contribution in [2.45, 2.75) is 24.2 Å². The Bertz CT molecular complexity index is 1140. The first-order valence-corrected chi connectivity index (χ1v) is 10.9. The molecule has 1 fully saturated rings. The van der Waals surface area contributed by atoms with Crippen LogP contribution in [-0.4, -0.2) is 33.6 Å². The van der Waals surface area contributed by atoms with Gasteiger partial charge in [-0.05, 0) is 37.1 Å². The lowest BCUT2D eigenvalue weighted by Gasteiger charge is -2.08. The van der Waals surface area contributed by atoms with Crippen LogP contribution in [0, 0.1) is 0 Å². The number of fused-ring (bicyclic) bond motifs is 1. The highest BCUT2D eigenvalue weighted by atomic mass is 35.5. The maximum atomic E-state index is 6.04. The van der Waals surface area contributed by atoms with E-state index in [4.69, 9.17) is 25.7 Å². The first-order chi connectivity index (χ1) is 14.3. The van der Waals surface area contributed by atoms with Crippen LogP contribution in [0.4, 0.5) is 0 Å². The van der Waals surface area contributed by atoms with Crippen LogP contribution in [-0.2, 0) is 4.74 Å². The van der Waals surface area contributed by atoms with Gasteiger partial charge in [-0.25, -0.2) is 4.98 Å². The largest absolute Gasteiger partial charge is 0.411 e. The molecule has 0 aliphatic carbocycles. The minimum absolute atomic E-state index is 0.272. The van der Waals surface area contributed by atoms with Gasteiger partial charge in [0, 0.05) is 28.3 Å². The Morgan fingerprint density at radius 1 is 1.07 bits per heavy atom. The lowest BCUT2D eigenvalue weighted by molar-refractivity contribution is 0.128. The van der Waals surface area contributed by atoms with Crippen molar-refractivity contribution in [1.82, 2.24) is 15.2 Å². The molecule has 5 rings (SSSR count). The maximum absolute atomic E-state index is 6.04. The van der Waals surface area contributed by atoms with Crippen molar-refractivity contribution in [1.29, 1.82) is 0 Å². The monoisotopic (exact) mass is 423 g/mol. The predicted octanol–water partition coefficient (Wildman–Crippen LogP) is 5.88. The molecular formula is C22H18ClN3O2S. The van der Waals surface area contributed by atoms with E-state index in [0.29, 0.717) is 16.1 Å². The van der Waals surface area contributed by atoms with Crippen molar-refractivity contribution >= 4 is 34.3 Å². The third-order valence-corrected chi connectivity index (χ3v) is 6.11. The molecular weight excluding hydrogens is 406 g/mol. The third kappa shape index (κ3) is 4.01. The van der Waals surface area contributed by atoms with Gasteiger partial charge in [0.2, 0.25) is 5.89 Å². The molecule has 2 aromatic carbocycles. The van der Waals surface area contributed by atoms with Crippen molar-refractivity contribution in [3.8, 4) is 22.7 Å². The van der Waals surface area contributed by atoms with E-state index in [1.807, 2.05) is 54.6 Å². The number of aromatic nitrogens is 3. The number of pyridine rings is 1. The fraction of sp³-hybridized carbons (Fsp3) is 0.227. The molecule has 1 unspecified atom stereocenters. The summed E-state index contributed by atoms with van der Waals surface area (Å²) >= 11 is 7.58. The molecule has 0 amide bonds. The second-order valence-corrected chi connectivity index (χ2v) is 8.31. The Hall–Kier alpha value is -2.41. The molecule has 2 aromatic heterocycles. The normalized spacial score (nSPS) is 16.5. The Labute approximate surface area is 177 Å². The van der Waals surface area contributed by atoms with Crippen LogP contribution >= 0.6 is 23.4 Å². The second kappa shape index (κ2) is 8.14. The third-order valence-electron chi connectivity index (χ3n) is 4.91. The Morgan fingerprint density at radius 3 is 2.76 bits per heavy atom. The standard InChI is InChI=1S/C22H18ClN3O2S/c23-15-9-7-14(8-10-15)20-12-18(17-5-1-2-6-19(17)24-20)21-25-26-22(28-21)29-13-16-4-3-11-27-16/h1-2,5-10,12,16H,3-4,11,13H2. The number of benzene rings is 2. The number of rotatable bonds is 5. The number of para-hydroxylation sites is 1. The number of thioether (sulfide) groups is 1. The van der Waals surface area contributed by atoms with Crippen molar-refractivity contribution in [2.75, 3.05) is 12.4 Å². The molecule has 1 aliphatic heterocycles. The van der Waals surface area contributed by atoms with E-state index in [1.54, 1.807) is 11.8 Å². The second-order valence-electron chi connectivity index (χ2n) is 6.90. The molecule has 7 heteroatoms. The fourth-order valence-corrected chi connectivity index (χ4v) is 4.39. The molecule has 5 nitrogen and oxygen atoms in total. The van der Waals surface area contributed by atoms with Crippen molar-refractivity contribution < 1.29 is 9.15 Å². The van der Waals surface area contributed by atoms with Crippen LogP contribution in [0.2, 0.25) is 5.02 Å². The summed E-state index contributed by atoms with van der Waals surface area (Å²) in [4.78, 5) is 4.80. The summed E-state index contributed by atoms with van der Waals surface area (Å²) in [5.74, 6) is 1.32. The molecule has 146 valence electrons. The van der Waals surface area contributed by atoms with Crippen molar-refractivity contribution in [3.05, 3.63) is 59.6 Å². The summed E-state index contributed by atoms with van der Waals surface area (Å²) in [6.45, 7) is 0.844. The quantitative estimate of drug-likeness (QED) is 0.374. The lowest BCUT2D eigenvalue weighted by atomic mass is 10.0. The zero-order valence-corrected chi connectivity index (χ0v) is 17.1. The average Bonchev–Trinajstić information content (AvgIpc) is 3.44. The minimum Gasteiger partial charge on any atom is -0.411 e. The first-order valence-electron chi connectivity index (χ1n) is 9.50. The molecule has 1 aliphatic rings. The molecule has 3 heterocycles. The van der Waals surface area contributed by atoms with Gasteiger partial charge in [-0.2, -0.15) is 0 Å². The van der Waals surface area contributed by atoms with E-state index < -0.39 is 0 Å². The van der Waals surface area contributed by atoms with Crippen LogP contribution in [0.1, 0.15) is 12.8 Å². The van der Waals surface area contributed by atoms with Crippen LogP contribution in [0.5, 0.6) is 0 Å². The van der Waals surface area contributed by atoms with Crippen LogP contribution in [0.3, 0.4) is 0 Å². The lowest BCUT2D eigenvalue weighted by Crippen LogP contribution is -2.07. The Kier molecular flexibility index (Phi) is 5.23. The topological polar surface area (TPSA) is 61.0 Å². The van der Waals surface area contributed by atoms with Gasteiger partial charge in [0.15, 0.2) is 0 Å². The smallest absolute Gasteiger partial charge is 0.276 e. The van der Waals surface area contributed by atoms with Gasteiger partial charge >= 0.3 is 0 Å². The van der Waals surface area contributed by atoms with Gasteiger partial charge in [-0.1, -0.05) is 53.7 Å². The molecule has 0 bridgehead atoms. The van der Waals surface area contributed by atoms with Crippen LogP contribution in [0.25, 0.3) is 33.6 Å². The molecule has 0 saturated carbocycles. The van der Waals surface area contributed by atoms with Gasteiger partial charge in [-0.15, -0.1) is 10.2 Å². The number of hydrogen-bond acceptors (Lipinski definition) is 6. The Morgan fingerprint density at radius 2 is 1.93 bits per heavy atom. The van der Waals surface area contributed by atoms with E-state index in [9.17, 15) is 0 Å². The number of ether oxygens (including phenoxy) is 1. The number of nitrogens with zero attached hydrogens (tertiary/aromatic N) is 3. The highest BCUT2D eigenvalue weighted by Crippen LogP contribution is 2.33. The average molecular weight is 424 g/mol. The summed E-state index contributed by atoms with van der Waals surface area (Å²) in [6.07, 6.45) is 2.48. The molecule has 1 atom stereocenters. The van der Waals surface area contributed by atoms with Crippen LogP contribution < -0.4 is 0 Å². The SMILES string of the molecule is Clc1ccc(-c2cc(-c3nnc(SCC4CCCO4)o3)c3ccccc3n2)cc1. The van der Waals surface area contributed by atoms with Gasteiger partial charge in [0.1, 0.15) is 0 Å². The summed E-state index contributed by atoms with van der Waals surface area (Å²) in [6, 6.07) is 17.6. The predicted molar refractivity (Wildman–Crippen MR) is 115 cm³/mol. The zero-order chi connectivity index (χ0) is 19.6.